The molecule has 0 spiro atoms. The van der Waals surface area contributed by atoms with E-state index in [2.05, 4.69) is 5.32 Å². The number of ether oxygens (including phenoxy) is 3. The summed E-state index contributed by atoms with van der Waals surface area (Å²) < 4.78 is 15.9. The molecule has 2 fully saturated rings. The molecule has 2 saturated heterocycles. The lowest BCUT2D eigenvalue weighted by atomic mass is 9.88. The summed E-state index contributed by atoms with van der Waals surface area (Å²) in [6, 6.07) is -1.35. The van der Waals surface area contributed by atoms with E-state index in [0.717, 1.165) is 6.92 Å². The molecule has 14 heteroatoms. The van der Waals surface area contributed by atoms with Crippen LogP contribution in [0.4, 0.5) is 0 Å². The van der Waals surface area contributed by atoms with E-state index in [-0.39, 0.29) is 6.61 Å². The number of aliphatic carboxylic acids is 1. The summed E-state index contributed by atoms with van der Waals surface area (Å²) in [6.07, 6.45) is -13.6. The molecule has 2 aliphatic rings. The summed E-state index contributed by atoms with van der Waals surface area (Å²) in [6.45, 7) is -0.826. The zero-order valence-corrected chi connectivity index (χ0v) is 16.6. The van der Waals surface area contributed by atoms with Crippen molar-refractivity contribution in [1.29, 1.82) is 0 Å². The van der Waals surface area contributed by atoms with Crippen molar-refractivity contribution in [2.75, 3.05) is 19.8 Å². The predicted molar refractivity (Wildman–Crippen MR) is 96.3 cm³/mol. The summed E-state index contributed by atoms with van der Waals surface area (Å²) in [7, 11) is 0. The topological polar surface area (TPSA) is 236 Å². The van der Waals surface area contributed by atoms with E-state index < -0.39 is 92.2 Å². The molecular weight excluding hydrogens is 426 g/mol. The van der Waals surface area contributed by atoms with Gasteiger partial charge >= 0.3 is 5.97 Å². The van der Waals surface area contributed by atoms with E-state index in [1.54, 1.807) is 0 Å². The molecular formula is C17H29NO13. The number of carbonyl (C=O) groups is 2. The van der Waals surface area contributed by atoms with Gasteiger partial charge in [-0.3, -0.25) is 4.79 Å². The maximum atomic E-state index is 12.0. The normalized spacial score (nSPS) is 40.7. The molecule has 0 aromatic rings. The van der Waals surface area contributed by atoms with E-state index in [1.165, 1.54) is 0 Å². The van der Waals surface area contributed by atoms with Crippen molar-refractivity contribution in [2.24, 2.45) is 0 Å². The van der Waals surface area contributed by atoms with Crippen LogP contribution < -0.4 is 5.32 Å². The first kappa shape index (κ1) is 25.8. The molecule has 0 saturated carbocycles. The Bertz CT molecular complexity index is 635. The second kappa shape index (κ2) is 10.4. The van der Waals surface area contributed by atoms with Gasteiger partial charge in [0.25, 0.3) is 5.79 Å². The first-order valence-electron chi connectivity index (χ1n) is 9.56. The van der Waals surface area contributed by atoms with Gasteiger partial charge in [0, 0.05) is 13.3 Å². The molecule has 0 aliphatic carbocycles. The molecule has 0 radical (unpaired) electrons. The number of rotatable bonds is 8. The van der Waals surface area contributed by atoms with Gasteiger partial charge in [0.1, 0.15) is 42.7 Å². The molecule has 10 atom stereocenters. The summed E-state index contributed by atoms with van der Waals surface area (Å²) >= 11 is 0. The van der Waals surface area contributed by atoms with Gasteiger partial charge in [-0.1, -0.05) is 0 Å². The fourth-order valence-corrected chi connectivity index (χ4v) is 3.51. The third kappa shape index (κ3) is 5.67. The summed E-state index contributed by atoms with van der Waals surface area (Å²) in [5.74, 6) is -4.97. The zero-order chi connectivity index (χ0) is 23.5. The monoisotopic (exact) mass is 455 g/mol. The van der Waals surface area contributed by atoms with Crippen LogP contribution in [-0.4, -0.2) is 133 Å². The maximum Gasteiger partial charge on any atom is 0.364 e. The number of carboxylic acid groups (broad SMARTS) is 1. The van der Waals surface area contributed by atoms with E-state index in [4.69, 9.17) is 19.3 Å². The lowest BCUT2D eigenvalue weighted by Crippen LogP contribution is -2.68. The quantitative estimate of drug-likeness (QED) is 0.166. The van der Waals surface area contributed by atoms with Crippen LogP contribution in [0, 0.1) is 0 Å². The molecule has 31 heavy (non-hydrogen) atoms. The molecule has 1 amide bonds. The third-order valence-corrected chi connectivity index (χ3v) is 5.27. The third-order valence-electron chi connectivity index (χ3n) is 5.27. The molecule has 2 rings (SSSR count). The molecule has 9 N–H and O–H groups in total. The minimum Gasteiger partial charge on any atom is -0.477 e. The van der Waals surface area contributed by atoms with Crippen molar-refractivity contribution in [1.82, 2.24) is 5.32 Å². The lowest BCUT2D eigenvalue weighted by Gasteiger charge is -2.47. The van der Waals surface area contributed by atoms with Gasteiger partial charge in [-0.25, -0.2) is 4.79 Å². The number of aliphatic hydroxyl groups excluding tert-OH is 7. The van der Waals surface area contributed by atoms with Crippen molar-refractivity contribution in [3.05, 3.63) is 0 Å². The van der Waals surface area contributed by atoms with Crippen LogP contribution in [0.2, 0.25) is 0 Å². The minimum absolute atomic E-state index is 0.357. The van der Waals surface area contributed by atoms with Gasteiger partial charge in [0.05, 0.1) is 32.0 Å². The van der Waals surface area contributed by atoms with E-state index >= 15 is 0 Å². The Labute approximate surface area is 176 Å². The number of aliphatic hydroxyl groups is 7. The Hall–Kier alpha value is -1.46. The summed E-state index contributed by atoms with van der Waals surface area (Å²) in [5.41, 5.74) is 0. The van der Waals surface area contributed by atoms with Crippen molar-refractivity contribution in [3.8, 4) is 0 Å². The fourth-order valence-electron chi connectivity index (χ4n) is 3.51. The highest BCUT2D eigenvalue weighted by Crippen LogP contribution is 2.34. The second-order valence-electron chi connectivity index (χ2n) is 7.61. The van der Waals surface area contributed by atoms with Gasteiger partial charge in [0.15, 0.2) is 0 Å². The first-order chi connectivity index (χ1) is 14.4. The zero-order valence-electron chi connectivity index (χ0n) is 16.6. The average Bonchev–Trinajstić information content (AvgIpc) is 2.71. The van der Waals surface area contributed by atoms with Crippen molar-refractivity contribution >= 4 is 11.9 Å². The Morgan fingerprint density at radius 3 is 2.35 bits per heavy atom. The highest BCUT2D eigenvalue weighted by molar-refractivity contribution is 5.76. The largest absolute Gasteiger partial charge is 0.477 e. The van der Waals surface area contributed by atoms with Crippen LogP contribution in [0.3, 0.4) is 0 Å². The number of amides is 1. The van der Waals surface area contributed by atoms with Crippen LogP contribution in [0.5, 0.6) is 0 Å². The first-order valence-corrected chi connectivity index (χ1v) is 9.56. The van der Waals surface area contributed by atoms with E-state index in [9.17, 15) is 45.3 Å². The van der Waals surface area contributed by atoms with Crippen molar-refractivity contribution in [3.63, 3.8) is 0 Å². The minimum atomic E-state index is -2.60. The van der Waals surface area contributed by atoms with Crippen molar-refractivity contribution in [2.45, 2.75) is 74.0 Å². The Morgan fingerprint density at radius 1 is 1.16 bits per heavy atom. The molecule has 180 valence electrons. The average molecular weight is 455 g/mol. The molecule has 0 aromatic carbocycles. The van der Waals surface area contributed by atoms with Gasteiger partial charge in [-0.2, -0.15) is 0 Å². The number of hydrogen-bond donors (Lipinski definition) is 9. The Morgan fingerprint density at radius 2 is 1.81 bits per heavy atom. The van der Waals surface area contributed by atoms with Crippen LogP contribution in [0.15, 0.2) is 0 Å². The molecule has 2 aliphatic heterocycles. The van der Waals surface area contributed by atoms with E-state index in [1.807, 2.05) is 0 Å². The summed E-state index contributed by atoms with van der Waals surface area (Å²) in [4.78, 5) is 23.5. The summed E-state index contributed by atoms with van der Waals surface area (Å²) in [5, 5.41) is 81.0. The smallest absolute Gasteiger partial charge is 0.364 e. The maximum absolute atomic E-state index is 12.0. The van der Waals surface area contributed by atoms with Gasteiger partial charge in [-0.15, -0.1) is 0 Å². The number of carbonyl (C=O) groups excluding carboxylic acids is 1. The van der Waals surface area contributed by atoms with Crippen LogP contribution in [-0.2, 0) is 23.8 Å². The highest BCUT2D eigenvalue weighted by Gasteiger charge is 2.56. The number of carboxylic acids is 1. The van der Waals surface area contributed by atoms with Crippen LogP contribution >= 0.6 is 0 Å². The second-order valence-corrected chi connectivity index (χ2v) is 7.61. The molecule has 14 nitrogen and oxygen atoms in total. The van der Waals surface area contributed by atoms with E-state index in [0.29, 0.717) is 0 Å². The highest BCUT2D eigenvalue weighted by atomic mass is 16.7. The van der Waals surface area contributed by atoms with Crippen LogP contribution in [0.25, 0.3) is 0 Å². The molecule has 2 heterocycles. The fraction of sp³-hybridized carbons (Fsp3) is 0.882. The molecule has 0 aromatic heterocycles. The van der Waals surface area contributed by atoms with Crippen molar-refractivity contribution < 1.29 is 64.7 Å². The Kier molecular flexibility index (Phi) is 8.69. The van der Waals surface area contributed by atoms with Gasteiger partial charge < -0.3 is 60.4 Å². The van der Waals surface area contributed by atoms with Gasteiger partial charge in [0.2, 0.25) is 5.91 Å². The SMILES string of the molecule is CC(=O)N[C@H]1[C@H]([C@H](O)[C@H](O)CO)O[C@@](OC[C@H]2OC[C@H](O)[C@@H](O)[C@H]2O)(C(=O)O)C[C@@H]1O. The standard InChI is InChI=1S/C17H29NO13/c1-6(20)18-11-7(21)2-17(16(27)28,31-15(11)13(25)8(22)3-19)30-5-10-14(26)12(24)9(23)4-29-10/h7-15,19,21-26H,2-5H2,1H3,(H,18,20)(H,27,28)/t7-,8+,9-,10+,11+,12+,13+,14-,15+,17+/m0/s1. The molecule has 0 bridgehead atoms. The molecule has 0 unspecified atom stereocenters. The van der Waals surface area contributed by atoms with Crippen LogP contribution in [0.1, 0.15) is 13.3 Å². The number of nitrogens with one attached hydrogen (secondary N) is 1. The Balaban J connectivity index is 2.25. The predicted octanol–water partition coefficient (Wildman–Crippen LogP) is -5.37. The van der Waals surface area contributed by atoms with Gasteiger partial charge in [-0.05, 0) is 0 Å². The lowest BCUT2D eigenvalue weighted by molar-refractivity contribution is -0.321. The number of hydrogen-bond acceptors (Lipinski definition) is 12.